The molecule has 104 valence electrons. The summed E-state index contributed by atoms with van der Waals surface area (Å²) in [5.74, 6) is -0.938. The number of pyridine rings is 1. The number of alkyl halides is 3. The van der Waals surface area contributed by atoms with Gasteiger partial charge in [0.1, 0.15) is 11.5 Å². The topological polar surface area (TPSA) is 56.0 Å². The van der Waals surface area contributed by atoms with Gasteiger partial charge in [-0.2, -0.15) is 13.2 Å². The number of hydrogen-bond donors (Lipinski definition) is 0. The molecule has 0 N–H and O–H groups in total. The van der Waals surface area contributed by atoms with Gasteiger partial charge in [0.15, 0.2) is 0 Å². The maximum atomic E-state index is 12.9. The van der Waals surface area contributed by atoms with Crippen molar-refractivity contribution < 1.29 is 22.5 Å². The highest BCUT2D eigenvalue weighted by Gasteiger charge is 2.31. The van der Waals surface area contributed by atoms with Crippen LogP contribution in [0, 0.1) is 15.9 Å². The molecule has 0 aliphatic heterocycles. The second kappa shape index (κ2) is 4.87. The Morgan fingerprint density at radius 2 is 1.90 bits per heavy atom. The van der Waals surface area contributed by atoms with E-state index in [1.54, 1.807) is 0 Å². The molecule has 1 aromatic heterocycles. The van der Waals surface area contributed by atoms with Crippen LogP contribution in [-0.2, 0) is 6.18 Å². The third-order valence-corrected chi connectivity index (χ3v) is 2.49. The zero-order chi connectivity index (χ0) is 14.9. The summed E-state index contributed by atoms with van der Waals surface area (Å²) in [5.41, 5.74) is -2.08. The largest absolute Gasteiger partial charge is 0.416 e. The number of nitro groups is 1. The van der Waals surface area contributed by atoms with E-state index in [0.717, 1.165) is 18.2 Å². The number of rotatable bonds is 2. The van der Waals surface area contributed by atoms with Crippen molar-refractivity contribution in [1.82, 2.24) is 4.98 Å². The molecule has 0 unspecified atom stereocenters. The van der Waals surface area contributed by atoms with E-state index in [1.807, 2.05) is 0 Å². The van der Waals surface area contributed by atoms with Crippen molar-refractivity contribution in [3.05, 3.63) is 58.0 Å². The zero-order valence-electron chi connectivity index (χ0n) is 9.69. The molecule has 20 heavy (non-hydrogen) atoms. The molecule has 0 spiro atoms. The fourth-order valence-electron chi connectivity index (χ4n) is 1.63. The van der Waals surface area contributed by atoms with E-state index in [4.69, 9.17) is 0 Å². The molecule has 0 bridgehead atoms. The zero-order valence-corrected chi connectivity index (χ0v) is 9.69. The van der Waals surface area contributed by atoms with Crippen LogP contribution in [0.1, 0.15) is 5.56 Å². The maximum Gasteiger partial charge on any atom is 0.416 e. The molecular formula is C12H6F4N2O2. The first-order chi connectivity index (χ1) is 9.29. The minimum Gasteiger partial charge on any atom is -0.258 e. The summed E-state index contributed by atoms with van der Waals surface area (Å²) in [4.78, 5) is 13.4. The van der Waals surface area contributed by atoms with Gasteiger partial charge in [-0.1, -0.05) is 12.1 Å². The van der Waals surface area contributed by atoms with Crippen LogP contribution in [-0.4, -0.2) is 9.91 Å². The average molecular weight is 286 g/mol. The van der Waals surface area contributed by atoms with Gasteiger partial charge in [0.05, 0.1) is 22.7 Å². The van der Waals surface area contributed by atoms with Crippen molar-refractivity contribution in [2.24, 2.45) is 0 Å². The van der Waals surface area contributed by atoms with Gasteiger partial charge in [-0.15, -0.1) is 0 Å². The van der Waals surface area contributed by atoms with Crippen molar-refractivity contribution in [2.45, 2.75) is 6.18 Å². The van der Waals surface area contributed by atoms with Gasteiger partial charge in [-0.3, -0.25) is 10.1 Å². The van der Waals surface area contributed by atoms with E-state index >= 15 is 0 Å². The van der Waals surface area contributed by atoms with Gasteiger partial charge < -0.3 is 0 Å². The first kappa shape index (κ1) is 13.9. The van der Waals surface area contributed by atoms with Gasteiger partial charge in [0, 0.05) is 5.56 Å². The van der Waals surface area contributed by atoms with Gasteiger partial charge >= 0.3 is 6.18 Å². The summed E-state index contributed by atoms with van der Waals surface area (Å²) in [6, 6.07) is 4.52. The first-order valence-electron chi connectivity index (χ1n) is 5.26. The van der Waals surface area contributed by atoms with Crippen LogP contribution in [0.2, 0.25) is 0 Å². The number of benzene rings is 1. The molecular weight excluding hydrogens is 280 g/mol. The third-order valence-electron chi connectivity index (χ3n) is 2.49. The first-order valence-corrected chi connectivity index (χ1v) is 5.26. The Hall–Kier alpha value is -2.51. The average Bonchev–Trinajstić information content (AvgIpc) is 2.37. The van der Waals surface area contributed by atoms with Crippen LogP contribution in [0.25, 0.3) is 11.3 Å². The molecule has 0 aliphatic carbocycles. The lowest BCUT2D eigenvalue weighted by molar-refractivity contribution is -0.384. The Labute approximate surface area is 109 Å². The summed E-state index contributed by atoms with van der Waals surface area (Å²) < 4.78 is 50.7. The monoisotopic (exact) mass is 286 g/mol. The number of aromatic nitrogens is 1. The van der Waals surface area contributed by atoms with Crippen LogP contribution < -0.4 is 0 Å². The van der Waals surface area contributed by atoms with Crippen LogP contribution >= 0.6 is 0 Å². The van der Waals surface area contributed by atoms with Crippen LogP contribution in [0.5, 0.6) is 0 Å². The van der Waals surface area contributed by atoms with Crippen LogP contribution in [0.4, 0.5) is 23.2 Å². The molecule has 1 aromatic carbocycles. The Bertz CT molecular complexity index is 671. The summed E-state index contributed by atoms with van der Waals surface area (Å²) in [7, 11) is 0. The second-order valence-electron chi connectivity index (χ2n) is 3.86. The number of nitrogens with zero attached hydrogens (tertiary/aromatic N) is 2. The Morgan fingerprint density at radius 1 is 1.20 bits per heavy atom. The predicted octanol–water partition coefficient (Wildman–Crippen LogP) is 3.81. The van der Waals surface area contributed by atoms with Crippen LogP contribution in [0.3, 0.4) is 0 Å². The lowest BCUT2D eigenvalue weighted by Gasteiger charge is -2.08. The third kappa shape index (κ3) is 2.73. The molecule has 2 aromatic rings. The van der Waals surface area contributed by atoms with Crippen molar-refractivity contribution in [3.8, 4) is 11.3 Å². The minimum absolute atomic E-state index is 0.105. The SMILES string of the molecule is O=[N+]([O-])c1cc(F)cnc1-c1cccc(C(F)(F)F)c1. The minimum atomic E-state index is -4.58. The fourth-order valence-corrected chi connectivity index (χ4v) is 1.63. The number of hydrogen-bond acceptors (Lipinski definition) is 3. The van der Waals surface area contributed by atoms with E-state index < -0.39 is 28.2 Å². The fraction of sp³-hybridized carbons (Fsp3) is 0.0833. The molecule has 0 saturated carbocycles. The summed E-state index contributed by atoms with van der Waals surface area (Å²) >= 11 is 0. The highest BCUT2D eigenvalue weighted by molar-refractivity contribution is 5.69. The van der Waals surface area contributed by atoms with E-state index in [0.29, 0.717) is 12.3 Å². The smallest absolute Gasteiger partial charge is 0.258 e. The molecule has 0 radical (unpaired) electrons. The summed E-state index contributed by atoms with van der Waals surface area (Å²) in [5, 5.41) is 10.8. The molecule has 1 heterocycles. The van der Waals surface area contributed by atoms with Gasteiger partial charge in [0.25, 0.3) is 5.69 Å². The molecule has 8 heteroatoms. The van der Waals surface area contributed by atoms with Crippen LogP contribution in [0.15, 0.2) is 36.5 Å². The molecule has 0 atom stereocenters. The summed E-state index contributed by atoms with van der Waals surface area (Å²) in [6.45, 7) is 0. The Kier molecular flexibility index (Phi) is 3.39. The molecule has 2 rings (SSSR count). The molecule has 4 nitrogen and oxygen atoms in total. The highest BCUT2D eigenvalue weighted by Crippen LogP contribution is 2.34. The van der Waals surface area contributed by atoms with Gasteiger partial charge in [-0.05, 0) is 12.1 Å². The molecule has 0 aliphatic rings. The normalized spacial score (nSPS) is 11.4. The van der Waals surface area contributed by atoms with Crippen molar-refractivity contribution in [3.63, 3.8) is 0 Å². The molecule has 0 saturated heterocycles. The number of halogens is 4. The standard InChI is InChI=1S/C12H6F4N2O2/c13-9-5-10(18(19)20)11(17-6-9)7-2-1-3-8(4-7)12(14,15)16/h1-6H. The Balaban J connectivity index is 2.60. The lowest BCUT2D eigenvalue weighted by Crippen LogP contribution is -2.05. The lowest BCUT2D eigenvalue weighted by atomic mass is 10.1. The predicted molar refractivity (Wildman–Crippen MR) is 61.3 cm³/mol. The van der Waals surface area contributed by atoms with E-state index in [-0.39, 0.29) is 11.3 Å². The molecule has 0 amide bonds. The van der Waals surface area contributed by atoms with E-state index in [2.05, 4.69) is 4.98 Å². The highest BCUT2D eigenvalue weighted by atomic mass is 19.4. The second-order valence-corrected chi connectivity index (χ2v) is 3.86. The van der Waals surface area contributed by atoms with E-state index in [9.17, 15) is 27.7 Å². The molecule has 0 fully saturated rings. The van der Waals surface area contributed by atoms with Gasteiger partial charge in [0.2, 0.25) is 0 Å². The Morgan fingerprint density at radius 3 is 2.50 bits per heavy atom. The van der Waals surface area contributed by atoms with Crippen molar-refractivity contribution in [2.75, 3.05) is 0 Å². The maximum absolute atomic E-state index is 12.9. The van der Waals surface area contributed by atoms with Crippen molar-refractivity contribution >= 4 is 5.69 Å². The van der Waals surface area contributed by atoms with Crippen molar-refractivity contribution in [1.29, 1.82) is 0 Å². The van der Waals surface area contributed by atoms with E-state index in [1.165, 1.54) is 6.07 Å². The van der Waals surface area contributed by atoms with Gasteiger partial charge in [-0.25, -0.2) is 9.37 Å². The summed E-state index contributed by atoms with van der Waals surface area (Å²) in [6.07, 6.45) is -3.87. The quantitative estimate of drug-likeness (QED) is 0.479.